The molecule has 1 N–H and O–H groups in total. The maximum Gasteiger partial charge on any atom is 0.226 e. The van der Waals surface area contributed by atoms with Gasteiger partial charge in [-0.1, -0.05) is 18.6 Å². The quantitative estimate of drug-likeness (QED) is 0.728. The molecule has 1 aliphatic carbocycles. The van der Waals surface area contributed by atoms with Crippen LogP contribution in [0.1, 0.15) is 47.3 Å². The molecule has 4 rings (SSSR count). The van der Waals surface area contributed by atoms with Crippen LogP contribution in [0.15, 0.2) is 24.3 Å². The second-order valence-corrected chi connectivity index (χ2v) is 9.45. The van der Waals surface area contributed by atoms with E-state index in [1.165, 1.54) is 34.5 Å². The van der Waals surface area contributed by atoms with Gasteiger partial charge < -0.3 is 10.2 Å². The number of nitrogens with one attached hydrogen (secondary N) is 1. The lowest BCUT2D eigenvalue weighted by molar-refractivity contribution is -0.116. The van der Waals surface area contributed by atoms with Crippen molar-refractivity contribution in [2.75, 3.05) is 42.9 Å². The molecule has 1 aromatic carbocycles. The molecule has 0 radical (unpaired) electrons. The monoisotopic (exact) mass is 422 g/mol. The number of hydrogen-bond donors (Lipinski definition) is 1. The van der Waals surface area contributed by atoms with Crippen molar-refractivity contribution in [1.29, 1.82) is 5.26 Å². The molecule has 6 heteroatoms. The number of anilines is 2. The highest BCUT2D eigenvalue weighted by molar-refractivity contribution is 7.16. The Morgan fingerprint density at radius 2 is 1.97 bits per heavy atom. The molecule has 1 aliphatic heterocycles. The summed E-state index contributed by atoms with van der Waals surface area (Å²) in [5.74, 6) is 0.0176. The third-order valence-electron chi connectivity index (χ3n) is 6.18. The Balaban J connectivity index is 1.27. The van der Waals surface area contributed by atoms with E-state index in [-0.39, 0.29) is 5.91 Å². The number of benzene rings is 1. The first-order valence-corrected chi connectivity index (χ1v) is 11.8. The van der Waals surface area contributed by atoms with E-state index in [9.17, 15) is 10.1 Å². The van der Waals surface area contributed by atoms with Crippen molar-refractivity contribution in [3.05, 3.63) is 45.8 Å². The van der Waals surface area contributed by atoms with Crippen molar-refractivity contribution in [3.8, 4) is 6.07 Å². The third-order valence-corrected chi connectivity index (χ3v) is 7.39. The number of piperazine rings is 1. The fourth-order valence-electron chi connectivity index (χ4n) is 4.45. The molecule has 30 heavy (non-hydrogen) atoms. The van der Waals surface area contributed by atoms with Crippen molar-refractivity contribution < 1.29 is 4.79 Å². The minimum Gasteiger partial charge on any atom is -0.369 e. The number of aryl methyl sites for hydroxylation is 2. The van der Waals surface area contributed by atoms with Crippen molar-refractivity contribution in [2.24, 2.45) is 0 Å². The standard InChI is InChI=1S/C24H30N4OS/c1-18-6-5-7-19(16-18)28-14-12-27(13-15-28)11-10-23(29)26-24-21(17-25)20-8-3-2-4-9-22(20)30-24/h5-7,16H,2-4,8-15H2,1H3,(H,26,29). The number of fused-ring (bicyclic) bond motifs is 1. The summed E-state index contributed by atoms with van der Waals surface area (Å²) in [6, 6.07) is 11.0. The molecule has 158 valence electrons. The van der Waals surface area contributed by atoms with Crippen LogP contribution in [0.4, 0.5) is 10.7 Å². The summed E-state index contributed by atoms with van der Waals surface area (Å²) < 4.78 is 0. The largest absolute Gasteiger partial charge is 0.369 e. The molecule has 0 spiro atoms. The zero-order valence-electron chi connectivity index (χ0n) is 17.7. The molecule has 1 aromatic heterocycles. The SMILES string of the molecule is Cc1cccc(N2CCN(CCC(=O)Nc3sc4c(c3C#N)CCCCC4)CC2)c1. The lowest BCUT2D eigenvalue weighted by atomic mass is 10.1. The van der Waals surface area contributed by atoms with Gasteiger partial charge in [0.25, 0.3) is 0 Å². The zero-order chi connectivity index (χ0) is 20.9. The fourth-order valence-corrected chi connectivity index (χ4v) is 5.71. The summed E-state index contributed by atoms with van der Waals surface area (Å²) in [4.78, 5) is 18.7. The first kappa shape index (κ1) is 20.9. The Bertz CT molecular complexity index is 937. The molecular formula is C24H30N4OS. The van der Waals surface area contributed by atoms with E-state index in [0.29, 0.717) is 12.0 Å². The number of nitrogens with zero attached hydrogens (tertiary/aromatic N) is 3. The van der Waals surface area contributed by atoms with Crippen molar-refractivity contribution in [1.82, 2.24) is 4.90 Å². The topological polar surface area (TPSA) is 59.4 Å². The molecule has 0 bridgehead atoms. The van der Waals surface area contributed by atoms with Gasteiger partial charge in [0.1, 0.15) is 11.1 Å². The van der Waals surface area contributed by atoms with E-state index in [2.05, 4.69) is 52.4 Å². The van der Waals surface area contributed by atoms with E-state index in [1.807, 2.05) is 0 Å². The summed E-state index contributed by atoms with van der Waals surface area (Å²) >= 11 is 1.61. The number of nitriles is 1. The molecule has 2 aliphatic rings. The first-order chi connectivity index (χ1) is 14.6. The summed E-state index contributed by atoms with van der Waals surface area (Å²) in [6.45, 7) is 6.81. The number of hydrogen-bond acceptors (Lipinski definition) is 5. The van der Waals surface area contributed by atoms with Gasteiger partial charge in [-0.3, -0.25) is 9.69 Å². The van der Waals surface area contributed by atoms with Crippen LogP contribution in [0.5, 0.6) is 0 Å². The molecular weight excluding hydrogens is 392 g/mol. The van der Waals surface area contributed by atoms with Crippen molar-refractivity contribution in [2.45, 2.75) is 45.4 Å². The van der Waals surface area contributed by atoms with Gasteiger partial charge in [0, 0.05) is 49.7 Å². The Morgan fingerprint density at radius 1 is 1.17 bits per heavy atom. The Hall–Kier alpha value is -2.36. The Kier molecular flexibility index (Phi) is 6.71. The average molecular weight is 423 g/mol. The van der Waals surface area contributed by atoms with Gasteiger partial charge >= 0.3 is 0 Å². The first-order valence-electron chi connectivity index (χ1n) is 11.0. The molecule has 0 unspecified atom stereocenters. The molecule has 5 nitrogen and oxygen atoms in total. The van der Waals surface area contributed by atoms with Crippen LogP contribution in [0.25, 0.3) is 0 Å². The second kappa shape index (κ2) is 9.63. The van der Waals surface area contributed by atoms with Crippen LogP contribution in [0.2, 0.25) is 0 Å². The maximum absolute atomic E-state index is 12.6. The maximum atomic E-state index is 12.6. The highest BCUT2D eigenvalue weighted by Gasteiger charge is 2.22. The summed E-state index contributed by atoms with van der Waals surface area (Å²) in [5, 5.41) is 13.4. The van der Waals surface area contributed by atoms with E-state index >= 15 is 0 Å². The molecule has 1 fully saturated rings. The molecule has 2 aromatic rings. The number of rotatable bonds is 5. The van der Waals surface area contributed by atoms with E-state index in [4.69, 9.17) is 0 Å². The predicted octanol–water partition coefficient (Wildman–Crippen LogP) is 4.35. The van der Waals surface area contributed by atoms with Gasteiger partial charge in [0.15, 0.2) is 0 Å². The van der Waals surface area contributed by atoms with Crippen LogP contribution >= 0.6 is 11.3 Å². The summed E-state index contributed by atoms with van der Waals surface area (Å²) in [7, 11) is 0. The van der Waals surface area contributed by atoms with Crippen molar-refractivity contribution in [3.63, 3.8) is 0 Å². The van der Waals surface area contributed by atoms with Gasteiger partial charge in [0.05, 0.1) is 5.56 Å². The molecule has 1 amide bonds. The highest BCUT2D eigenvalue weighted by atomic mass is 32.1. The molecule has 1 saturated heterocycles. The number of carbonyl (C=O) groups excluding carboxylic acids is 1. The summed E-state index contributed by atoms with van der Waals surface area (Å²) in [5.41, 5.74) is 4.46. The van der Waals surface area contributed by atoms with Crippen LogP contribution in [0.3, 0.4) is 0 Å². The minimum atomic E-state index is 0.0176. The van der Waals surface area contributed by atoms with Crippen LogP contribution in [-0.2, 0) is 17.6 Å². The van der Waals surface area contributed by atoms with E-state index < -0.39 is 0 Å². The number of carbonyl (C=O) groups is 1. The number of thiophene rings is 1. The fraction of sp³-hybridized carbons (Fsp3) is 0.500. The third kappa shape index (κ3) is 4.85. The van der Waals surface area contributed by atoms with Crippen LogP contribution in [0, 0.1) is 18.3 Å². The normalized spacial score (nSPS) is 17.1. The van der Waals surface area contributed by atoms with E-state index in [1.54, 1.807) is 11.3 Å². The van der Waals surface area contributed by atoms with Crippen molar-refractivity contribution >= 4 is 27.9 Å². The lowest BCUT2D eigenvalue weighted by Crippen LogP contribution is -2.47. The van der Waals surface area contributed by atoms with Crippen LogP contribution < -0.4 is 10.2 Å². The average Bonchev–Trinajstić information content (AvgIpc) is 2.91. The van der Waals surface area contributed by atoms with Crippen LogP contribution in [-0.4, -0.2) is 43.5 Å². The molecule has 0 saturated carbocycles. The highest BCUT2D eigenvalue weighted by Crippen LogP contribution is 2.37. The van der Waals surface area contributed by atoms with E-state index in [0.717, 1.165) is 57.0 Å². The number of amides is 1. The molecule has 0 atom stereocenters. The lowest BCUT2D eigenvalue weighted by Gasteiger charge is -2.36. The van der Waals surface area contributed by atoms with Gasteiger partial charge in [0.2, 0.25) is 5.91 Å². The predicted molar refractivity (Wildman–Crippen MR) is 123 cm³/mol. The Labute approximate surface area is 183 Å². The Morgan fingerprint density at radius 3 is 2.73 bits per heavy atom. The summed E-state index contributed by atoms with van der Waals surface area (Å²) in [6.07, 6.45) is 6.02. The van der Waals surface area contributed by atoms with Gasteiger partial charge in [-0.15, -0.1) is 11.3 Å². The minimum absolute atomic E-state index is 0.0176. The van der Waals surface area contributed by atoms with Gasteiger partial charge in [-0.2, -0.15) is 5.26 Å². The smallest absolute Gasteiger partial charge is 0.226 e. The second-order valence-electron chi connectivity index (χ2n) is 8.35. The van der Waals surface area contributed by atoms with Gasteiger partial charge in [-0.25, -0.2) is 0 Å². The molecule has 2 heterocycles. The van der Waals surface area contributed by atoms with Gasteiger partial charge in [-0.05, 0) is 55.9 Å². The zero-order valence-corrected chi connectivity index (χ0v) is 18.6.